The molecule has 0 unspecified atom stereocenters. The first-order valence-corrected chi connectivity index (χ1v) is 7.07. The van der Waals surface area contributed by atoms with Crippen LogP contribution in [0.1, 0.15) is 30.5 Å². The first kappa shape index (κ1) is 16.6. The third kappa shape index (κ3) is 5.27. The number of hydrogen-bond donors (Lipinski definition) is 2. The minimum atomic E-state index is 0.0416. The highest BCUT2D eigenvalue weighted by atomic mass is 32.1. The maximum atomic E-state index is 11.7. The van der Waals surface area contributed by atoms with Crippen LogP contribution in [0.25, 0.3) is 0 Å². The molecule has 20 heavy (non-hydrogen) atoms. The predicted octanol–water partition coefficient (Wildman–Crippen LogP) is 1.59. The second-order valence-corrected chi connectivity index (χ2v) is 5.84. The predicted molar refractivity (Wildman–Crippen MR) is 86.7 cm³/mol. The van der Waals surface area contributed by atoms with Gasteiger partial charge in [0.2, 0.25) is 5.91 Å². The minimum absolute atomic E-state index is 0.0416. The van der Waals surface area contributed by atoms with E-state index in [9.17, 15) is 4.79 Å². The number of carbonyl (C=O) groups excluding carboxylic acids is 1. The van der Waals surface area contributed by atoms with Crippen LogP contribution in [0.4, 0.5) is 0 Å². The van der Waals surface area contributed by atoms with E-state index in [1.54, 1.807) is 0 Å². The minimum Gasteiger partial charge on any atom is -0.389 e. The monoisotopic (exact) mass is 293 g/mol. The van der Waals surface area contributed by atoms with E-state index >= 15 is 0 Å². The molecule has 5 heteroatoms. The van der Waals surface area contributed by atoms with Crippen LogP contribution in [0, 0.1) is 6.92 Å². The lowest BCUT2D eigenvalue weighted by Crippen LogP contribution is -2.38. The van der Waals surface area contributed by atoms with E-state index < -0.39 is 0 Å². The summed E-state index contributed by atoms with van der Waals surface area (Å²) >= 11 is 4.96. The van der Waals surface area contributed by atoms with Gasteiger partial charge < -0.3 is 11.1 Å². The highest BCUT2D eigenvalue weighted by molar-refractivity contribution is 7.80. The van der Waals surface area contributed by atoms with Gasteiger partial charge >= 0.3 is 0 Å². The molecule has 0 spiro atoms. The molecule has 0 aromatic heterocycles. The topological polar surface area (TPSA) is 58.4 Å². The molecule has 0 aliphatic heterocycles. The quantitative estimate of drug-likeness (QED) is 0.782. The maximum Gasteiger partial charge on any atom is 0.234 e. The number of hydrogen-bond acceptors (Lipinski definition) is 3. The van der Waals surface area contributed by atoms with Crippen LogP contribution in [0.5, 0.6) is 0 Å². The average molecular weight is 293 g/mol. The Balaban J connectivity index is 2.64. The summed E-state index contributed by atoms with van der Waals surface area (Å²) in [5.74, 6) is 0.0416. The lowest BCUT2D eigenvalue weighted by Gasteiger charge is -2.19. The summed E-state index contributed by atoms with van der Waals surface area (Å²) in [7, 11) is 1.93. The number of likely N-dealkylation sites (N-methyl/N-ethyl adjacent to an activating group) is 1. The van der Waals surface area contributed by atoms with Gasteiger partial charge in [-0.25, -0.2) is 0 Å². The van der Waals surface area contributed by atoms with Crippen LogP contribution in [-0.4, -0.2) is 35.4 Å². The van der Waals surface area contributed by atoms with E-state index in [1.807, 2.05) is 50.9 Å². The molecule has 3 N–H and O–H groups in total. The second kappa shape index (κ2) is 7.36. The zero-order valence-corrected chi connectivity index (χ0v) is 13.4. The second-order valence-electron chi connectivity index (χ2n) is 5.40. The largest absolute Gasteiger partial charge is 0.389 e. The summed E-state index contributed by atoms with van der Waals surface area (Å²) in [4.78, 5) is 14.1. The van der Waals surface area contributed by atoms with E-state index in [4.69, 9.17) is 18.0 Å². The molecule has 0 bridgehead atoms. The van der Waals surface area contributed by atoms with E-state index in [-0.39, 0.29) is 11.9 Å². The number of aryl methyl sites for hydroxylation is 1. The first-order chi connectivity index (χ1) is 9.29. The zero-order chi connectivity index (χ0) is 15.3. The van der Waals surface area contributed by atoms with Crippen LogP contribution >= 0.6 is 12.2 Å². The fourth-order valence-electron chi connectivity index (χ4n) is 1.99. The van der Waals surface area contributed by atoms with Crippen molar-refractivity contribution in [1.29, 1.82) is 0 Å². The van der Waals surface area contributed by atoms with Gasteiger partial charge in [-0.05, 0) is 45.0 Å². The lowest BCUT2D eigenvalue weighted by molar-refractivity contribution is -0.122. The fourth-order valence-corrected chi connectivity index (χ4v) is 2.11. The van der Waals surface area contributed by atoms with E-state index in [0.717, 1.165) is 17.7 Å². The molecule has 0 saturated carbocycles. The number of carbonyl (C=O) groups is 1. The number of amides is 1. The van der Waals surface area contributed by atoms with E-state index in [2.05, 4.69) is 5.32 Å². The summed E-state index contributed by atoms with van der Waals surface area (Å²) in [5.41, 5.74) is 8.79. The molecule has 0 fully saturated rings. The van der Waals surface area contributed by atoms with Gasteiger partial charge in [-0.15, -0.1) is 0 Å². The SMILES string of the molecule is Cc1cc(C(N)=S)ccc1CN(C)CC(=O)NC(C)C. The Morgan fingerprint density at radius 2 is 2.10 bits per heavy atom. The summed E-state index contributed by atoms with van der Waals surface area (Å²) in [6.45, 7) is 7.04. The van der Waals surface area contributed by atoms with Crippen LogP contribution < -0.4 is 11.1 Å². The number of thiocarbonyl (C=S) groups is 1. The lowest BCUT2D eigenvalue weighted by atomic mass is 10.0. The summed E-state index contributed by atoms with van der Waals surface area (Å²) < 4.78 is 0. The van der Waals surface area contributed by atoms with Gasteiger partial charge in [0.25, 0.3) is 0 Å². The Morgan fingerprint density at radius 3 is 2.60 bits per heavy atom. The smallest absolute Gasteiger partial charge is 0.234 e. The number of rotatable bonds is 6. The van der Waals surface area contributed by atoms with Crippen LogP contribution in [0.3, 0.4) is 0 Å². The van der Waals surface area contributed by atoms with Crippen molar-refractivity contribution in [2.45, 2.75) is 33.4 Å². The van der Waals surface area contributed by atoms with Crippen molar-refractivity contribution in [3.05, 3.63) is 34.9 Å². The Hall–Kier alpha value is -1.46. The molecule has 0 radical (unpaired) electrons. The first-order valence-electron chi connectivity index (χ1n) is 6.67. The molecule has 4 nitrogen and oxygen atoms in total. The van der Waals surface area contributed by atoms with Crippen LogP contribution in [0.2, 0.25) is 0 Å². The van der Waals surface area contributed by atoms with Crippen molar-refractivity contribution < 1.29 is 4.79 Å². The van der Waals surface area contributed by atoms with Gasteiger partial charge in [0.15, 0.2) is 0 Å². The summed E-state index contributed by atoms with van der Waals surface area (Å²) in [6.07, 6.45) is 0. The zero-order valence-electron chi connectivity index (χ0n) is 12.6. The summed E-state index contributed by atoms with van der Waals surface area (Å²) in [5, 5.41) is 2.88. The van der Waals surface area contributed by atoms with Crippen molar-refractivity contribution in [2.75, 3.05) is 13.6 Å². The highest BCUT2D eigenvalue weighted by Gasteiger charge is 2.10. The number of nitrogens with zero attached hydrogens (tertiary/aromatic N) is 1. The molecule has 0 aliphatic rings. The van der Waals surface area contributed by atoms with Crippen molar-refractivity contribution >= 4 is 23.1 Å². The third-order valence-electron chi connectivity index (χ3n) is 2.93. The highest BCUT2D eigenvalue weighted by Crippen LogP contribution is 2.13. The standard InChI is InChI=1S/C15H23N3OS/c1-10(2)17-14(19)9-18(4)8-13-6-5-12(15(16)20)7-11(13)3/h5-7,10H,8-9H2,1-4H3,(H2,16,20)(H,17,19). The molecule has 0 aliphatic carbocycles. The molecule has 1 aromatic carbocycles. The number of nitrogens with one attached hydrogen (secondary N) is 1. The van der Waals surface area contributed by atoms with Gasteiger partial charge in [-0.3, -0.25) is 9.69 Å². The van der Waals surface area contributed by atoms with E-state index in [1.165, 1.54) is 5.56 Å². The molecule has 0 saturated heterocycles. The molecular formula is C15H23N3OS. The van der Waals surface area contributed by atoms with Crippen LogP contribution in [-0.2, 0) is 11.3 Å². The Kier molecular flexibility index (Phi) is 6.10. The maximum absolute atomic E-state index is 11.7. The number of nitrogens with two attached hydrogens (primary N) is 1. The van der Waals surface area contributed by atoms with Gasteiger partial charge in [-0.2, -0.15) is 0 Å². The Labute approximate surface area is 126 Å². The molecule has 0 heterocycles. The molecule has 1 amide bonds. The van der Waals surface area contributed by atoms with E-state index in [0.29, 0.717) is 11.5 Å². The van der Waals surface area contributed by atoms with Crippen molar-refractivity contribution in [3.8, 4) is 0 Å². The molecule has 1 rings (SSSR count). The van der Waals surface area contributed by atoms with Crippen molar-refractivity contribution in [2.24, 2.45) is 5.73 Å². The van der Waals surface area contributed by atoms with Crippen LogP contribution in [0.15, 0.2) is 18.2 Å². The van der Waals surface area contributed by atoms with Crippen molar-refractivity contribution in [3.63, 3.8) is 0 Å². The fraction of sp³-hybridized carbons (Fsp3) is 0.467. The van der Waals surface area contributed by atoms with Gasteiger partial charge in [0.1, 0.15) is 4.99 Å². The molecule has 1 aromatic rings. The van der Waals surface area contributed by atoms with Gasteiger partial charge in [-0.1, -0.05) is 24.4 Å². The molecule has 110 valence electrons. The Morgan fingerprint density at radius 1 is 1.45 bits per heavy atom. The molecule has 0 atom stereocenters. The third-order valence-corrected chi connectivity index (χ3v) is 3.17. The van der Waals surface area contributed by atoms with Crippen molar-refractivity contribution in [1.82, 2.24) is 10.2 Å². The number of benzene rings is 1. The Bertz CT molecular complexity index is 500. The summed E-state index contributed by atoms with van der Waals surface area (Å²) in [6, 6.07) is 6.09. The average Bonchev–Trinajstić information content (AvgIpc) is 2.30. The molecular weight excluding hydrogens is 270 g/mol. The van der Waals surface area contributed by atoms with Gasteiger partial charge in [0.05, 0.1) is 6.54 Å². The normalized spacial score (nSPS) is 10.9. The van der Waals surface area contributed by atoms with Gasteiger partial charge in [0, 0.05) is 18.2 Å².